The fraction of sp³-hybridized carbons (Fsp3) is 0.500. The Labute approximate surface area is 60.2 Å². The van der Waals surface area contributed by atoms with Crippen LogP contribution in [-0.2, 0) is 0 Å². The summed E-state index contributed by atoms with van der Waals surface area (Å²) in [6.07, 6.45) is 5.00. The van der Waals surface area contributed by atoms with E-state index in [0.29, 0.717) is 0 Å². The third-order valence-corrected chi connectivity index (χ3v) is 1.23. The van der Waals surface area contributed by atoms with Gasteiger partial charge in [-0.2, -0.15) is 0 Å². The van der Waals surface area contributed by atoms with E-state index in [1.807, 2.05) is 6.92 Å². The van der Waals surface area contributed by atoms with Gasteiger partial charge in [-0.3, -0.25) is 16.0 Å². The molecule has 4 N–H and O–H groups in total. The Hall–Kier alpha value is -0.870. The Bertz CT molecular complexity index is 163. The summed E-state index contributed by atoms with van der Waals surface area (Å²) in [7, 11) is 0. The van der Waals surface area contributed by atoms with Crippen LogP contribution in [0, 0.1) is 0 Å². The van der Waals surface area contributed by atoms with E-state index in [0.717, 1.165) is 6.54 Å². The molecule has 0 saturated carbocycles. The Morgan fingerprint density at radius 2 is 2.60 bits per heavy atom. The minimum absolute atomic E-state index is 0.649. The van der Waals surface area contributed by atoms with Gasteiger partial charge in [0.15, 0.2) is 5.79 Å². The first kappa shape index (κ1) is 7.24. The Morgan fingerprint density at radius 3 is 3.10 bits per heavy atom. The van der Waals surface area contributed by atoms with Crippen molar-refractivity contribution in [2.45, 2.75) is 12.7 Å². The SMILES string of the molecule is CCNC1(N)C=NC=CN1. The molecule has 1 aliphatic rings. The van der Waals surface area contributed by atoms with Crippen LogP contribution in [0.5, 0.6) is 0 Å². The second kappa shape index (κ2) is 2.81. The van der Waals surface area contributed by atoms with Crippen LogP contribution in [0.15, 0.2) is 17.4 Å². The Balaban J connectivity index is 2.52. The summed E-state index contributed by atoms with van der Waals surface area (Å²) >= 11 is 0. The summed E-state index contributed by atoms with van der Waals surface area (Å²) in [6.45, 7) is 2.80. The molecule has 1 heterocycles. The molecule has 0 bridgehead atoms. The van der Waals surface area contributed by atoms with Gasteiger partial charge in [-0.15, -0.1) is 0 Å². The molecule has 0 aromatic heterocycles. The molecule has 1 aliphatic heterocycles. The number of hydrogen-bond acceptors (Lipinski definition) is 4. The molecule has 56 valence electrons. The quantitative estimate of drug-likeness (QED) is 0.447. The van der Waals surface area contributed by atoms with E-state index < -0.39 is 5.79 Å². The van der Waals surface area contributed by atoms with Gasteiger partial charge >= 0.3 is 0 Å². The van der Waals surface area contributed by atoms with Crippen molar-refractivity contribution in [3.63, 3.8) is 0 Å². The first-order valence-corrected chi connectivity index (χ1v) is 3.28. The van der Waals surface area contributed by atoms with Gasteiger partial charge in [-0.1, -0.05) is 6.92 Å². The highest BCUT2D eigenvalue weighted by Crippen LogP contribution is 1.91. The van der Waals surface area contributed by atoms with Crippen molar-refractivity contribution >= 4 is 6.21 Å². The van der Waals surface area contributed by atoms with Crippen LogP contribution in [0.1, 0.15) is 6.92 Å². The van der Waals surface area contributed by atoms with Gasteiger partial charge in [0.2, 0.25) is 0 Å². The largest absolute Gasteiger partial charge is 0.355 e. The third-order valence-electron chi connectivity index (χ3n) is 1.23. The first-order valence-electron chi connectivity index (χ1n) is 3.28. The van der Waals surface area contributed by atoms with Crippen molar-refractivity contribution in [2.24, 2.45) is 10.7 Å². The zero-order valence-corrected chi connectivity index (χ0v) is 5.96. The molecule has 0 aromatic carbocycles. The van der Waals surface area contributed by atoms with Crippen LogP contribution >= 0.6 is 0 Å². The monoisotopic (exact) mass is 140 g/mol. The molecule has 0 fully saturated rings. The average Bonchev–Trinajstić information content (AvgIpc) is 1.89. The number of aliphatic imine (C=N–C) groups is 1. The zero-order valence-electron chi connectivity index (χ0n) is 5.96. The fourth-order valence-electron chi connectivity index (χ4n) is 0.805. The lowest BCUT2D eigenvalue weighted by Crippen LogP contribution is -2.64. The molecule has 0 aromatic rings. The molecule has 1 atom stereocenters. The highest BCUT2D eigenvalue weighted by Gasteiger charge is 2.19. The standard InChI is InChI=1S/C6H12N4/c1-2-9-6(7)5-8-3-4-10-6/h3-5,9-10H,2,7H2,1H3. The predicted molar refractivity (Wildman–Crippen MR) is 41.4 cm³/mol. The minimum atomic E-state index is -0.649. The van der Waals surface area contributed by atoms with Crippen LogP contribution < -0.4 is 16.4 Å². The molecule has 10 heavy (non-hydrogen) atoms. The van der Waals surface area contributed by atoms with E-state index in [4.69, 9.17) is 5.73 Å². The van der Waals surface area contributed by atoms with Gasteiger partial charge in [-0.05, 0) is 6.54 Å². The van der Waals surface area contributed by atoms with Gasteiger partial charge in [0.1, 0.15) is 0 Å². The Kier molecular flexibility index (Phi) is 2.03. The molecule has 4 heteroatoms. The van der Waals surface area contributed by atoms with E-state index in [-0.39, 0.29) is 0 Å². The number of nitrogens with two attached hydrogens (primary N) is 1. The number of hydrogen-bond donors (Lipinski definition) is 3. The number of nitrogens with zero attached hydrogens (tertiary/aromatic N) is 1. The van der Waals surface area contributed by atoms with E-state index >= 15 is 0 Å². The second-order valence-electron chi connectivity index (χ2n) is 2.14. The van der Waals surface area contributed by atoms with Gasteiger partial charge in [0.25, 0.3) is 0 Å². The molecule has 4 nitrogen and oxygen atoms in total. The van der Waals surface area contributed by atoms with Crippen LogP contribution in [0.4, 0.5) is 0 Å². The van der Waals surface area contributed by atoms with Crippen molar-refractivity contribution < 1.29 is 0 Å². The highest BCUT2D eigenvalue weighted by molar-refractivity contribution is 5.70. The predicted octanol–water partition coefficient (Wildman–Crippen LogP) is -0.646. The normalized spacial score (nSPS) is 30.2. The van der Waals surface area contributed by atoms with E-state index in [2.05, 4.69) is 15.6 Å². The molecular weight excluding hydrogens is 128 g/mol. The summed E-state index contributed by atoms with van der Waals surface area (Å²) < 4.78 is 0. The lowest BCUT2D eigenvalue weighted by atomic mass is 10.3. The van der Waals surface area contributed by atoms with Crippen molar-refractivity contribution in [2.75, 3.05) is 6.54 Å². The van der Waals surface area contributed by atoms with E-state index in [1.165, 1.54) is 0 Å². The topological polar surface area (TPSA) is 62.4 Å². The average molecular weight is 140 g/mol. The molecule has 1 rings (SSSR count). The third kappa shape index (κ3) is 1.55. The summed E-state index contributed by atoms with van der Waals surface area (Å²) in [5.74, 6) is -0.649. The van der Waals surface area contributed by atoms with E-state index in [9.17, 15) is 0 Å². The summed E-state index contributed by atoms with van der Waals surface area (Å²) in [6, 6.07) is 0. The van der Waals surface area contributed by atoms with Crippen LogP contribution in [-0.4, -0.2) is 18.5 Å². The first-order chi connectivity index (χ1) is 4.77. The zero-order chi connectivity index (χ0) is 7.45. The van der Waals surface area contributed by atoms with E-state index in [1.54, 1.807) is 18.6 Å². The van der Waals surface area contributed by atoms with Crippen molar-refractivity contribution in [1.82, 2.24) is 10.6 Å². The summed E-state index contributed by atoms with van der Waals surface area (Å²) in [4.78, 5) is 3.89. The molecule has 0 aliphatic carbocycles. The highest BCUT2D eigenvalue weighted by atomic mass is 15.3. The van der Waals surface area contributed by atoms with Crippen LogP contribution in [0.25, 0.3) is 0 Å². The summed E-state index contributed by atoms with van der Waals surface area (Å²) in [5.41, 5.74) is 5.75. The second-order valence-corrected chi connectivity index (χ2v) is 2.14. The van der Waals surface area contributed by atoms with Gasteiger partial charge in [0.05, 0.1) is 6.21 Å². The maximum atomic E-state index is 5.75. The molecular formula is C6H12N4. The van der Waals surface area contributed by atoms with Crippen LogP contribution in [0.2, 0.25) is 0 Å². The summed E-state index contributed by atoms with van der Waals surface area (Å²) in [5, 5.41) is 5.96. The Morgan fingerprint density at radius 1 is 1.80 bits per heavy atom. The lowest BCUT2D eigenvalue weighted by Gasteiger charge is -2.27. The maximum Gasteiger partial charge on any atom is 0.178 e. The molecule has 1 unspecified atom stereocenters. The smallest absolute Gasteiger partial charge is 0.178 e. The number of nitrogens with one attached hydrogen (secondary N) is 2. The van der Waals surface area contributed by atoms with Gasteiger partial charge in [-0.25, -0.2) is 0 Å². The molecule has 0 spiro atoms. The van der Waals surface area contributed by atoms with Crippen molar-refractivity contribution in [1.29, 1.82) is 0 Å². The van der Waals surface area contributed by atoms with Crippen molar-refractivity contribution in [3.05, 3.63) is 12.4 Å². The minimum Gasteiger partial charge on any atom is -0.355 e. The number of rotatable bonds is 2. The van der Waals surface area contributed by atoms with Gasteiger partial charge in [0, 0.05) is 12.4 Å². The molecule has 0 radical (unpaired) electrons. The van der Waals surface area contributed by atoms with Gasteiger partial charge < -0.3 is 5.32 Å². The fourth-order valence-corrected chi connectivity index (χ4v) is 0.805. The lowest BCUT2D eigenvalue weighted by molar-refractivity contribution is 0.418. The van der Waals surface area contributed by atoms with Crippen molar-refractivity contribution in [3.8, 4) is 0 Å². The molecule has 0 amide bonds. The van der Waals surface area contributed by atoms with Crippen LogP contribution in [0.3, 0.4) is 0 Å². The maximum absolute atomic E-state index is 5.75. The molecule has 0 saturated heterocycles.